The molecule has 2 amide bonds. The molecule has 1 unspecified atom stereocenters. The summed E-state index contributed by atoms with van der Waals surface area (Å²) in [6.07, 6.45) is 4.30. The number of hydrogen-bond donors (Lipinski definition) is 1. The van der Waals surface area contributed by atoms with Gasteiger partial charge in [0.2, 0.25) is 21.8 Å². The Morgan fingerprint density at radius 3 is 2.40 bits per heavy atom. The van der Waals surface area contributed by atoms with Crippen LogP contribution < -0.4 is 5.32 Å². The summed E-state index contributed by atoms with van der Waals surface area (Å²) in [4.78, 5) is 31.0. The predicted octanol–water partition coefficient (Wildman–Crippen LogP) is 1.66. The van der Waals surface area contributed by atoms with E-state index < -0.39 is 22.0 Å². The van der Waals surface area contributed by atoms with Crippen LogP contribution in [0.4, 0.5) is 0 Å². The minimum absolute atomic E-state index is 0.134. The first-order valence-electron chi connectivity index (χ1n) is 9.19. The standard InChI is InChI=1S/C20H25ClN4O4S/c1-15(20(27)23-12-17-5-4-10-22-11-17)25(13-16-6-8-18(21)9-7-16)19(26)14-24(2)30(3,28)29/h4-11,15H,12-14H2,1-3H3,(H,23,27). The Morgan fingerprint density at radius 2 is 1.83 bits per heavy atom. The largest absolute Gasteiger partial charge is 0.350 e. The first kappa shape index (κ1) is 23.8. The van der Waals surface area contributed by atoms with E-state index in [0.717, 1.165) is 21.7 Å². The van der Waals surface area contributed by atoms with Crippen LogP contribution in [0.25, 0.3) is 0 Å². The number of benzene rings is 1. The molecule has 1 heterocycles. The fourth-order valence-corrected chi connectivity index (χ4v) is 3.08. The van der Waals surface area contributed by atoms with E-state index in [1.165, 1.54) is 11.9 Å². The van der Waals surface area contributed by atoms with Crippen molar-refractivity contribution in [3.05, 3.63) is 64.9 Å². The molecule has 0 spiro atoms. The Labute approximate surface area is 181 Å². The van der Waals surface area contributed by atoms with Gasteiger partial charge in [-0.3, -0.25) is 14.6 Å². The zero-order valence-electron chi connectivity index (χ0n) is 17.1. The molecule has 162 valence electrons. The fraction of sp³-hybridized carbons (Fsp3) is 0.350. The highest BCUT2D eigenvalue weighted by Gasteiger charge is 2.28. The lowest BCUT2D eigenvalue weighted by Gasteiger charge is -2.30. The SMILES string of the molecule is CC(C(=O)NCc1cccnc1)N(Cc1ccc(Cl)cc1)C(=O)CN(C)S(C)(=O)=O. The third-order valence-electron chi connectivity index (χ3n) is 4.55. The molecule has 0 aliphatic rings. The van der Waals surface area contributed by atoms with E-state index in [1.807, 2.05) is 6.07 Å². The summed E-state index contributed by atoms with van der Waals surface area (Å²) >= 11 is 5.92. The van der Waals surface area contributed by atoms with Gasteiger partial charge < -0.3 is 10.2 Å². The van der Waals surface area contributed by atoms with E-state index in [9.17, 15) is 18.0 Å². The van der Waals surface area contributed by atoms with E-state index in [0.29, 0.717) is 5.02 Å². The Balaban J connectivity index is 2.16. The summed E-state index contributed by atoms with van der Waals surface area (Å²) in [6.45, 7) is 1.64. The second kappa shape index (κ2) is 10.5. The van der Waals surface area contributed by atoms with Gasteiger partial charge in [0.25, 0.3) is 0 Å². The maximum Gasteiger partial charge on any atom is 0.242 e. The number of carbonyl (C=O) groups excluding carboxylic acids is 2. The lowest BCUT2D eigenvalue weighted by molar-refractivity contribution is -0.140. The van der Waals surface area contributed by atoms with Crippen molar-refractivity contribution in [2.75, 3.05) is 19.8 Å². The molecule has 2 aromatic rings. The normalized spacial score (nSPS) is 12.4. The lowest BCUT2D eigenvalue weighted by atomic mass is 10.1. The average Bonchev–Trinajstić information content (AvgIpc) is 2.71. The molecule has 0 saturated carbocycles. The van der Waals surface area contributed by atoms with Crippen LogP contribution >= 0.6 is 11.6 Å². The summed E-state index contributed by atoms with van der Waals surface area (Å²) in [7, 11) is -2.22. The number of likely N-dealkylation sites (N-methyl/N-ethyl adjacent to an activating group) is 1. The molecule has 1 atom stereocenters. The van der Waals surface area contributed by atoms with Crippen molar-refractivity contribution < 1.29 is 18.0 Å². The Hall–Kier alpha value is -2.49. The van der Waals surface area contributed by atoms with Crippen molar-refractivity contribution in [3.63, 3.8) is 0 Å². The highest BCUT2D eigenvalue weighted by atomic mass is 35.5. The monoisotopic (exact) mass is 452 g/mol. The first-order valence-corrected chi connectivity index (χ1v) is 11.4. The maximum atomic E-state index is 12.9. The summed E-state index contributed by atoms with van der Waals surface area (Å²) in [6, 6.07) is 9.66. The number of hydrogen-bond acceptors (Lipinski definition) is 5. The maximum absolute atomic E-state index is 12.9. The van der Waals surface area contributed by atoms with Crippen molar-refractivity contribution in [1.29, 1.82) is 0 Å². The zero-order valence-corrected chi connectivity index (χ0v) is 18.7. The Kier molecular flexibility index (Phi) is 8.33. The Morgan fingerprint density at radius 1 is 1.17 bits per heavy atom. The van der Waals surface area contributed by atoms with Crippen molar-refractivity contribution in [3.8, 4) is 0 Å². The first-order chi connectivity index (χ1) is 14.1. The van der Waals surface area contributed by atoms with E-state index in [2.05, 4.69) is 10.3 Å². The predicted molar refractivity (Wildman–Crippen MR) is 115 cm³/mol. The minimum atomic E-state index is -3.54. The molecule has 1 aromatic heterocycles. The molecular weight excluding hydrogens is 428 g/mol. The molecule has 2 rings (SSSR count). The lowest BCUT2D eigenvalue weighted by Crippen LogP contribution is -2.50. The minimum Gasteiger partial charge on any atom is -0.350 e. The van der Waals surface area contributed by atoms with Gasteiger partial charge in [0.15, 0.2) is 0 Å². The molecule has 0 bridgehead atoms. The molecule has 0 fully saturated rings. The van der Waals surface area contributed by atoms with E-state index in [4.69, 9.17) is 11.6 Å². The highest BCUT2D eigenvalue weighted by molar-refractivity contribution is 7.88. The van der Waals surface area contributed by atoms with Crippen LogP contribution in [0.3, 0.4) is 0 Å². The molecule has 1 aromatic carbocycles. The van der Waals surface area contributed by atoms with Crippen LogP contribution in [-0.4, -0.2) is 60.3 Å². The Bertz CT molecular complexity index is 968. The number of sulfonamides is 1. The van der Waals surface area contributed by atoms with Gasteiger partial charge in [-0.1, -0.05) is 29.8 Å². The van der Waals surface area contributed by atoms with E-state index in [-0.39, 0.29) is 25.5 Å². The number of rotatable bonds is 9. The average molecular weight is 453 g/mol. The van der Waals surface area contributed by atoms with Crippen molar-refractivity contribution in [2.24, 2.45) is 0 Å². The number of carbonyl (C=O) groups is 2. The number of aromatic nitrogens is 1. The quantitative estimate of drug-likeness (QED) is 0.623. The van der Waals surface area contributed by atoms with E-state index >= 15 is 0 Å². The molecule has 0 aliphatic carbocycles. The van der Waals surface area contributed by atoms with Crippen LogP contribution in [0.2, 0.25) is 5.02 Å². The third-order valence-corrected chi connectivity index (χ3v) is 6.06. The number of amides is 2. The third kappa shape index (κ3) is 7.08. The molecule has 0 radical (unpaired) electrons. The van der Waals surface area contributed by atoms with Crippen LogP contribution in [0.5, 0.6) is 0 Å². The molecule has 10 heteroatoms. The smallest absolute Gasteiger partial charge is 0.242 e. The molecule has 0 aliphatic heterocycles. The molecular formula is C20H25ClN4O4S. The van der Waals surface area contributed by atoms with Gasteiger partial charge in [0.05, 0.1) is 12.8 Å². The van der Waals surface area contributed by atoms with Crippen molar-refractivity contribution in [1.82, 2.24) is 19.5 Å². The summed E-state index contributed by atoms with van der Waals surface area (Å²) in [5.41, 5.74) is 1.59. The summed E-state index contributed by atoms with van der Waals surface area (Å²) < 4.78 is 24.4. The topological polar surface area (TPSA) is 99.7 Å². The van der Waals surface area contributed by atoms with Crippen LogP contribution in [-0.2, 0) is 32.7 Å². The van der Waals surface area contributed by atoms with Gasteiger partial charge in [0, 0.05) is 37.6 Å². The number of nitrogens with zero attached hydrogens (tertiary/aromatic N) is 3. The molecule has 1 N–H and O–H groups in total. The second-order valence-electron chi connectivity index (χ2n) is 6.92. The molecule has 0 saturated heterocycles. The molecule has 8 nitrogen and oxygen atoms in total. The van der Waals surface area contributed by atoms with Gasteiger partial charge in [-0.25, -0.2) is 8.42 Å². The van der Waals surface area contributed by atoms with Gasteiger partial charge in [-0.15, -0.1) is 0 Å². The van der Waals surface area contributed by atoms with E-state index in [1.54, 1.807) is 49.6 Å². The van der Waals surface area contributed by atoms with Crippen molar-refractivity contribution >= 4 is 33.4 Å². The van der Waals surface area contributed by atoms with Gasteiger partial charge in [-0.2, -0.15) is 4.31 Å². The zero-order chi connectivity index (χ0) is 22.3. The number of pyridine rings is 1. The van der Waals surface area contributed by atoms with Gasteiger partial charge in [-0.05, 0) is 36.2 Å². The van der Waals surface area contributed by atoms with Crippen LogP contribution in [0.1, 0.15) is 18.1 Å². The van der Waals surface area contributed by atoms with Crippen LogP contribution in [0.15, 0.2) is 48.8 Å². The summed E-state index contributed by atoms with van der Waals surface area (Å²) in [5, 5.41) is 3.34. The second-order valence-corrected chi connectivity index (χ2v) is 9.45. The van der Waals surface area contributed by atoms with Gasteiger partial charge >= 0.3 is 0 Å². The summed E-state index contributed by atoms with van der Waals surface area (Å²) in [5.74, 6) is -0.843. The highest BCUT2D eigenvalue weighted by Crippen LogP contribution is 2.14. The van der Waals surface area contributed by atoms with Crippen LogP contribution in [0, 0.1) is 0 Å². The fourth-order valence-electron chi connectivity index (χ4n) is 2.61. The number of nitrogens with one attached hydrogen (secondary N) is 1. The number of halogens is 1. The van der Waals surface area contributed by atoms with Crippen molar-refractivity contribution in [2.45, 2.75) is 26.1 Å². The van der Waals surface area contributed by atoms with Gasteiger partial charge in [0.1, 0.15) is 6.04 Å². The molecule has 30 heavy (non-hydrogen) atoms.